The van der Waals surface area contributed by atoms with Crippen molar-refractivity contribution < 1.29 is 13.2 Å². The van der Waals surface area contributed by atoms with Gasteiger partial charge in [-0.05, 0) is 38.1 Å². The largest absolute Gasteiger partial charge is 0.380 e. The maximum atomic E-state index is 12.5. The van der Waals surface area contributed by atoms with Crippen molar-refractivity contribution in [3.05, 3.63) is 29.8 Å². The first kappa shape index (κ1) is 15.4. The molecule has 1 aromatic carbocycles. The van der Waals surface area contributed by atoms with Crippen LogP contribution >= 0.6 is 0 Å². The Hall–Kier alpha value is -0.950. The summed E-state index contributed by atoms with van der Waals surface area (Å²) in [5, 5.41) is 3.13. The molecule has 0 bridgehead atoms. The molecular weight excluding hydrogens is 276 g/mol. The minimum Gasteiger partial charge on any atom is -0.380 e. The van der Waals surface area contributed by atoms with E-state index in [4.69, 9.17) is 4.74 Å². The number of hydrogen-bond acceptors (Lipinski definition) is 4. The minimum atomic E-state index is -3.44. The number of hydrogen-bond donors (Lipinski definition) is 1. The highest BCUT2D eigenvalue weighted by atomic mass is 32.2. The molecule has 112 valence electrons. The van der Waals surface area contributed by atoms with Crippen molar-refractivity contribution in [2.24, 2.45) is 0 Å². The highest BCUT2D eigenvalue weighted by Gasteiger charge is 2.30. The Bertz CT molecular complexity index is 536. The van der Waals surface area contributed by atoms with E-state index in [1.54, 1.807) is 19.2 Å². The van der Waals surface area contributed by atoms with E-state index in [9.17, 15) is 8.42 Å². The molecule has 2 atom stereocenters. The fourth-order valence-corrected chi connectivity index (χ4v) is 3.64. The number of likely N-dealkylation sites (N-methyl/N-ethyl adjacent to an activating group) is 1. The molecule has 1 aromatic rings. The van der Waals surface area contributed by atoms with E-state index in [1.807, 2.05) is 26.1 Å². The summed E-state index contributed by atoms with van der Waals surface area (Å²) in [6, 6.07) is 7.19. The van der Waals surface area contributed by atoms with Crippen molar-refractivity contribution in [1.29, 1.82) is 0 Å². The van der Waals surface area contributed by atoms with Gasteiger partial charge in [0.1, 0.15) is 0 Å². The number of nitrogens with zero attached hydrogens (tertiary/aromatic N) is 1. The molecule has 2 unspecified atom stereocenters. The van der Waals surface area contributed by atoms with Crippen LogP contribution in [-0.2, 0) is 14.8 Å². The van der Waals surface area contributed by atoms with Gasteiger partial charge in [0.15, 0.2) is 0 Å². The van der Waals surface area contributed by atoms with Crippen LogP contribution in [0.3, 0.4) is 0 Å². The van der Waals surface area contributed by atoms with Crippen molar-refractivity contribution in [3.63, 3.8) is 0 Å². The third-order valence-electron chi connectivity index (χ3n) is 3.91. The number of rotatable bonds is 5. The van der Waals surface area contributed by atoms with Gasteiger partial charge < -0.3 is 10.1 Å². The van der Waals surface area contributed by atoms with Gasteiger partial charge in [-0.3, -0.25) is 0 Å². The van der Waals surface area contributed by atoms with Crippen LogP contribution in [0.5, 0.6) is 0 Å². The average Bonchev–Trinajstić information content (AvgIpc) is 2.99. The lowest BCUT2D eigenvalue weighted by Crippen LogP contribution is -2.37. The molecule has 0 radical (unpaired) electrons. The van der Waals surface area contributed by atoms with Crippen LogP contribution in [-0.4, -0.2) is 46.1 Å². The quantitative estimate of drug-likeness (QED) is 0.892. The zero-order valence-electron chi connectivity index (χ0n) is 12.2. The molecule has 2 rings (SSSR count). The third-order valence-corrected chi connectivity index (χ3v) is 5.83. The highest BCUT2D eigenvalue weighted by Crippen LogP contribution is 2.22. The van der Waals surface area contributed by atoms with Crippen LogP contribution in [0.1, 0.15) is 24.9 Å². The lowest BCUT2D eigenvalue weighted by molar-refractivity contribution is 0.181. The topological polar surface area (TPSA) is 58.6 Å². The minimum absolute atomic E-state index is 0.0593. The second-order valence-electron chi connectivity index (χ2n) is 5.12. The molecule has 20 heavy (non-hydrogen) atoms. The summed E-state index contributed by atoms with van der Waals surface area (Å²) in [6.45, 7) is 3.14. The fraction of sp³-hybridized carbons (Fsp3) is 0.571. The van der Waals surface area contributed by atoms with Crippen molar-refractivity contribution in [2.75, 3.05) is 27.3 Å². The average molecular weight is 298 g/mol. The molecule has 0 amide bonds. The number of sulfonamides is 1. The van der Waals surface area contributed by atoms with Gasteiger partial charge in [-0.1, -0.05) is 12.1 Å². The monoisotopic (exact) mass is 298 g/mol. The van der Waals surface area contributed by atoms with Crippen LogP contribution in [0.2, 0.25) is 0 Å². The third kappa shape index (κ3) is 3.03. The molecule has 5 nitrogen and oxygen atoms in total. The summed E-state index contributed by atoms with van der Waals surface area (Å²) in [6.07, 6.45) is 0.755. The molecule has 0 saturated carbocycles. The van der Waals surface area contributed by atoms with E-state index in [2.05, 4.69) is 5.32 Å². The first-order chi connectivity index (χ1) is 9.46. The molecule has 1 aliphatic heterocycles. The number of nitrogens with one attached hydrogen (secondary N) is 1. The summed E-state index contributed by atoms with van der Waals surface area (Å²) in [7, 11) is 0.0633. The fourth-order valence-electron chi connectivity index (χ4n) is 2.27. The molecule has 0 spiro atoms. The van der Waals surface area contributed by atoms with Gasteiger partial charge >= 0.3 is 0 Å². The Morgan fingerprint density at radius 1 is 1.35 bits per heavy atom. The van der Waals surface area contributed by atoms with Crippen LogP contribution in [0.25, 0.3) is 0 Å². The first-order valence-corrected chi connectivity index (χ1v) is 8.24. The maximum absolute atomic E-state index is 12.5. The van der Waals surface area contributed by atoms with Crippen molar-refractivity contribution >= 4 is 10.0 Å². The van der Waals surface area contributed by atoms with Crippen LogP contribution in [0.15, 0.2) is 29.2 Å². The predicted molar refractivity (Wildman–Crippen MR) is 78.1 cm³/mol. The van der Waals surface area contributed by atoms with E-state index in [1.165, 1.54) is 4.31 Å². The van der Waals surface area contributed by atoms with Gasteiger partial charge in [0.25, 0.3) is 0 Å². The summed E-state index contributed by atoms with van der Waals surface area (Å²) in [5.41, 5.74) is 1.07. The van der Waals surface area contributed by atoms with Crippen LogP contribution in [0.4, 0.5) is 0 Å². The smallest absolute Gasteiger partial charge is 0.243 e. The molecule has 0 aromatic heterocycles. The highest BCUT2D eigenvalue weighted by molar-refractivity contribution is 7.89. The van der Waals surface area contributed by atoms with E-state index >= 15 is 0 Å². The molecule has 1 aliphatic rings. The molecule has 1 fully saturated rings. The zero-order chi connectivity index (χ0) is 14.8. The predicted octanol–water partition coefficient (Wildman–Crippen LogP) is 1.38. The van der Waals surface area contributed by atoms with Gasteiger partial charge in [0, 0.05) is 19.7 Å². The lowest BCUT2D eigenvalue weighted by atomic mass is 10.1. The summed E-state index contributed by atoms with van der Waals surface area (Å²) in [5.74, 6) is 0. The van der Waals surface area contributed by atoms with Gasteiger partial charge in [0.2, 0.25) is 10.0 Å². The van der Waals surface area contributed by atoms with Crippen LogP contribution in [0, 0.1) is 0 Å². The van der Waals surface area contributed by atoms with Gasteiger partial charge in [0.05, 0.1) is 17.5 Å². The molecule has 1 saturated heterocycles. The summed E-state index contributed by atoms with van der Waals surface area (Å²) in [4.78, 5) is 0.332. The van der Waals surface area contributed by atoms with Gasteiger partial charge in [-0.2, -0.15) is 4.31 Å². The first-order valence-electron chi connectivity index (χ1n) is 6.80. The van der Waals surface area contributed by atoms with Crippen molar-refractivity contribution in [3.8, 4) is 0 Å². The molecule has 1 heterocycles. The summed E-state index contributed by atoms with van der Waals surface area (Å²) >= 11 is 0. The van der Waals surface area contributed by atoms with Crippen molar-refractivity contribution in [2.45, 2.75) is 30.3 Å². The zero-order valence-corrected chi connectivity index (χ0v) is 13.0. The lowest BCUT2D eigenvalue weighted by Gasteiger charge is -2.22. The number of ether oxygens (including phenoxy) is 1. The molecule has 1 N–H and O–H groups in total. The SMILES string of the molecule is CNC(C)c1ccc(S(=O)(=O)N(C)C2CCOC2)cc1. The van der Waals surface area contributed by atoms with Gasteiger partial charge in [-0.25, -0.2) is 8.42 Å². The number of benzene rings is 1. The molecule has 6 heteroatoms. The van der Waals surface area contributed by atoms with Gasteiger partial charge in [-0.15, -0.1) is 0 Å². The molecular formula is C14H22N2O3S. The Morgan fingerprint density at radius 3 is 2.50 bits per heavy atom. The second-order valence-corrected chi connectivity index (χ2v) is 7.12. The Balaban J connectivity index is 2.20. The Kier molecular flexibility index (Phi) is 4.80. The second kappa shape index (κ2) is 6.22. The standard InChI is InChI=1S/C14H22N2O3S/c1-11(15-2)12-4-6-14(7-5-12)20(17,18)16(3)13-8-9-19-10-13/h4-7,11,13,15H,8-10H2,1-3H3. The van der Waals surface area contributed by atoms with Crippen molar-refractivity contribution in [1.82, 2.24) is 9.62 Å². The maximum Gasteiger partial charge on any atom is 0.243 e. The van der Waals surface area contributed by atoms with E-state index in [0.29, 0.717) is 18.1 Å². The van der Waals surface area contributed by atoms with E-state index in [0.717, 1.165) is 12.0 Å². The molecule has 0 aliphatic carbocycles. The van der Waals surface area contributed by atoms with Crippen LogP contribution < -0.4 is 5.32 Å². The normalized spacial score (nSPS) is 21.3. The summed E-state index contributed by atoms with van der Waals surface area (Å²) < 4.78 is 31.7. The Morgan fingerprint density at radius 2 is 2.00 bits per heavy atom. The Labute approximate surface area is 121 Å². The van der Waals surface area contributed by atoms with E-state index in [-0.39, 0.29) is 12.1 Å². The van der Waals surface area contributed by atoms with E-state index < -0.39 is 10.0 Å².